The van der Waals surface area contributed by atoms with Gasteiger partial charge in [0, 0.05) is 29.1 Å². The minimum Gasteiger partial charge on any atom is -0.507 e. The number of aromatic carboxylic acids is 1. The number of fused-ring (bicyclic) bond motifs is 1. The lowest BCUT2D eigenvalue weighted by Crippen LogP contribution is -2.22. The van der Waals surface area contributed by atoms with Gasteiger partial charge in [0.1, 0.15) is 27.8 Å². The molecule has 192 valence electrons. The number of hydrogen-bond donors (Lipinski definition) is 2. The van der Waals surface area contributed by atoms with Gasteiger partial charge >= 0.3 is 5.97 Å². The minimum atomic E-state index is -3.66. The van der Waals surface area contributed by atoms with Gasteiger partial charge in [-0.1, -0.05) is 36.8 Å². The highest BCUT2D eigenvalue weighted by molar-refractivity contribution is 7.91. The molecule has 1 fully saturated rings. The molecule has 1 saturated carbocycles. The van der Waals surface area contributed by atoms with Crippen molar-refractivity contribution in [3.8, 4) is 17.2 Å². The largest absolute Gasteiger partial charge is 0.507 e. The minimum absolute atomic E-state index is 0.0148. The second-order valence-corrected chi connectivity index (χ2v) is 11.8. The van der Waals surface area contributed by atoms with Crippen LogP contribution in [-0.2, 0) is 16.4 Å². The fourth-order valence-electron chi connectivity index (χ4n) is 4.96. The third-order valence-electron chi connectivity index (χ3n) is 7.16. The Morgan fingerprint density at radius 3 is 2.43 bits per heavy atom. The number of carbonyl (C=O) groups is 1. The summed E-state index contributed by atoms with van der Waals surface area (Å²) in [7, 11) is -3.66. The molecular formula is C29H29NO6S. The fraction of sp³-hybridized carbons (Fsp3) is 0.276. The summed E-state index contributed by atoms with van der Waals surface area (Å²) in [5, 5.41) is 20.9. The molecule has 1 aliphatic carbocycles. The van der Waals surface area contributed by atoms with E-state index < -0.39 is 15.8 Å². The first-order chi connectivity index (χ1) is 17.6. The summed E-state index contributed by atoms with van der Waals surface area (Å²) in [5.74, 6) is -0.358. The van der Waals surface area contributed by atoms with Gasteiger partial charge in [-0.05, 0) is 68.0 Å². The van der Waals surface area contributed by atoms with Crippen molar-refractivity contribution in [2.45, 2.75) is 44.6 Å². The molecule has 1 aliphatic rings. The fourth-order valence-corrected chi connectivity index (χ4v) is 6.78. The molecule has 1 aromatic heterocycles. The highest BCUT2D eigenvalue weighted by Crippen LogP contribution is 2.39. The molecule has 0 saturated heterocycles. The Kier molecular flexibility index (Phi) is 6.45. The van der Waals surface area contributed by atoms with Gasteiger partial charge in [0.2, 0.25) is 0 Å². The summed E-state index contributed by atoms with van der Waals surface area (Å²) in [6.45, 7) is 4.14. The second kappa shape index (κ2) is 9.59. The molecule has 4 aromatic rings. The SMILES string of the molecule is Cc1cc2c(cc(C(=O)O)n2Cc2ccccc2)c(C)c1Oc1ccc(O)c(S(=O)(=O)CC2CCC2)c1. The Bertz CT molecular complexity index is 1600. The van der Waals surface area contributed by atoms with Crippen LogP contribution in [0.4, 0.5) is 0 Å². The molecule has 1 heterocycles. The van der Waals surface area contributed by atoms with Gasteiger partial charge in [-0.25, -0.2) is 13.2 Å². The number of carboxylic acids is 1. The molecule has 0 unspecified atom stereocenters. The maximum absolute atomic E-state index is 12.9. The summed E-state index contributed by atoms with van der Waals surface area (Å²) in [5.41, 5.74) is 3.46. The van der Waals surface area contributed by atoms with Crippen molar-refractivity contribution < 1.29 is 28.2 Å². The molecule has 37 heavy (non-hydrogen) atoms. The molecule has 0 aliphatic heterocycles. The van der Waals surface area contributed by atoms with Crippen LogP contribution in [0.25, 0.3) is 10.9 Å². The zero-order chi connectivity index (χ0) is 26.3. The van der Waals surface area contributed by atoms with E-state index in [4.69, 9.17) is 4.74 Å². The Morgan fingerprint density at radius 2 is 1.78 bits per heavy atom. The first-order valence-corrected chi connectivity index (χ1v) is 13.9. The van der Waals surface area contributed by atoms with Crippen LogP contribution in [-0.4, -0.2) is 34.9 Å². The number of sulfone groups is 1. The van der Waals surface area contributed by atoms with Crippen molar-refractivity contribution in [3.05, 3.63) is 83.0 Å². The molecule has 0 spiro atoms. The van der Waals surface area contributed by atoms with E-state index in [0.29, 0.717) is 12.3 Å². The summed E-state index contributed by atoms with van der Waals surface area (Å²) < 4.78 is 33.9. The highest BCUT2D eigenvalue weighted by atomic mass is 32.2. The van der Waals surface area contributed by atoms with Crippen LogP contribution in [0.3, 0.4) is 0 Å². The van der Waals surface area contributed by atoms with Crippen LogP contribution < -0.4 is 4.74 Å². The first kappa shape index (κ1) is 24.9. The van der Waals surface area contributed by atoms with Gasteiger partial charge in [0.05, 0.1) is 5.75 Å². The number of phenols is 1. The van der Waals surface area contributed by atoms with Crippen LogP contribution in [0.2, 0.25) is 0 Å². The van der Waals surface area contributed by atoms with Gasteiger partial charge in [0.25, 0.3) is 0 Å². The maximum Gasteiger partial charge on any atom is 0.352 e. The van der Waals surface area contributed by atoms with Crippen molar-refractivity contribution in [3.63, 3.8) is 0 Å². The topological polar surface area (TPSA) is 106 Å². The molecule has 7 nitrogen and oxygen atoms in total. The van der Waals surface area contributed by atoms with E-state index in [2.05, 4.69) is 0 Å². The van der Waals surface area contributed by atoms with Crippen molar-refractivity contribution >= 4 is 26.7 Å². The molecule has 0 amide bonds. The van der Waals surface area contributed by atoms with E-state index in [-0.39, 0.29) is 33.8 Å². The van der Waals surface area contributed by atoms with E-state index in [1.165, 1.54) is 18.2 Å². The molecule has 3 aromatic carbocycles. The van der Waals surface area contributed by atoms with E-state index in [1.54, 1.807) is 10.6 Å². The Morgan fingerprint density at radius 1 is 1.05 bits per heavy atom. The van der Waals surface area contributed by atoms with E-state index in [9.17, 15) is 23.4 Å². The zero-order valence-electron chi connectivity index (χ0n) is 20.8. The second-order valence-electron chi connectivity index (χ2n) is 9.80. The summed E-state index contributed by atoms with van der Waals surface area (Å²) >= 11 is 0. The van der Waals surface area contributed by atoms with Crippen molar-refractivity contribution in [1.82, 2.24) is 4.57 Å². The van der Waals surface area contributed by atoms with Crippen LogP contribution in [0.15, 0.2) is 65.6 Å². The van der Waals surface area contributed by atoms with Crippen LogP contribution >= 0.6 is 0 Å². The predicted molar refractivity (Wildman–Crippen MR) is 141 cm³/mol. The average molecular weight is 520 g/mol. The van der Waals surface area contributed by atoms with Gasteiger partial charge in [0.15, 0.2) is 9.84 Å². The van der Waals surface area contributed by atoms with Gasteiger partial charge in [-0.2, -0.15) is 0 Å². The molecule has 0 atom stereocenters. The predicted octanol–water partition coefficient (Wildman–Crippen LogP) is 6.08. The quantitative estimate of drug-likeness (QED) is 0.292. The van der Waals surface area contributed by atoms with Crippen LogP contribution in [0, 0.1) is 19.8 Å². The van der Waals surface area contributed by atoms with Gasteiger partial charge in [-0.3, -0.25) is 0 Å². The number of aryl methyl sites for hydroxylation is 2. The Balaban J connectivity index is 1.53. The summed E-state index contributed by atoms with van der Waals surface area (Å²) in [6, 6.07) is 17.4. The average Bonchev–Trinajstić information content (AvgIpc) is 3.19. The summed E-state index contributed by atoms with van der Waals surface area (Å²) in [4.78, 5) is 12.0. The number of phenolic OH excluding ortho intramolecular Hbond substituents is 1. The van der Waals surface area contributed by atoms with Gasteiger partial charge in [-0.15, -0.1) is 0 Å². The van der Waals surface area contributed by atoms with Crippen LogP contribution in [0.1, 0.15) is 46.4 Å². The van der Waals surface area contributed by atoms with Crippen molar-refractivity contribution in [2.75, 3.05) is 5.75 Å². The van der Waals surface area contributed by atoms with E-state index in [1.807, 2.05) is 50.2 Å². The monoisotopic (exact) mass is 519 g/mol. The van der Waals surface area contributed by atoms with Crippen LogP contribution in [0.5, 0.6) is 17.2 Å². The van der Waals surface area contributed by atoms with E-state index >= 15 is 0 Å². The number of carboxylic acid groups (broad SMARTS) is 1. The third kappa shape index (κ3) is 4.81. The standard InChI is InChI=1S/C29H29NO6S/c1-18-13-24-23(15-25(29(32)33)30(24)16-20-7-4-3-5-8-20)19(2)28(18)36-22-11-12-26(31)27(14-22)37(34,35)17-21-9-6-10-21/h3-5,7-8,11-15,21,31H,6,9-10,16-17H2,1-2H3,(H,32,33). The smallest absolute Gasteiger partial charge is 0.352 e. The van der Waals surface area contributed by atoms with Crippen molar-refractivity contribution in [2.24, 2.45) is 5.92 Å². The number of hydrogen-bond acceptors (Lipinski definition) is 5. The molecule has 0 bridgehead atoms. The number of nitrogens with zero attached hydrogens (tertiary/aromatic N) is 1. The normalized spacial score (nSPS) is 14.0. The lowest BCUT2D eigenvalue weighted by atomic mass is 9.87. The molecule has 2 N–H and O–H groups in total. The van der Waals surface area contributed by atoms with E-state index in [0.717, 1.165) is 46.9 Å². The van der Waals surface area contributed by atoms with Crippen molar-refractivity contribution in [1.29, 1.82) is 0 Å². The molecule has 0 radical (unpaired) electrons. The Hall–Kier alpha value is -3.78. The molecule has 5 rings (SSSR count). The first-order valence-electron chi connectivity index (χ1n) is 12.3. The third-order valence-corrected chi connectivity index (χ3v) is 9.07. The summed E-state index contributed by atoms with van der Waals surface area (Å²) in [6.07, 6.45) is 2.81. The number of ether oxygens (including phenoxy) is 1. The number of aromatic nitrogens is 1. The lowest BCUT2D eigenvalue weighted by Gasteiger charge is -2.25. The number of aromatic hydroxyl groups is 1. The lowest BCUT2D eigenvalue weighted by molar-refractivity contribution is 0.0686. The number of rotatable bonds is 8. The van der Waals surface area contributed by atoms with Gasteiger partial charge < -0.3 is 19.5 Å². The Labute approximate surface area is 215 Å². The molecule has 8 heteroatoms. The zero-order valence-corrected chi connectivity index (χ0v) is 21.6. The number of benzene rings is 3. The molecular weight excluding hydrogens is 490 g/mol. The maximum atomic E-state index is 12.9. The highest BCUT2D eigenvalue weighted by Gasteiger charge is 2.28.